The minimum Gasteiger partial charge on any atom is -0.358 e. The molecule has 0 aliphatic heterocycles. The summed E-state index contributed by atoms with van der Waals surface area (Å²) >= 11 is 0. The maximum absolute atomic E-state index is 13.5. The van der Waals surface area contributed by atoms with Gasteiger partial charge in [0, 0.05) is 33.9 Å². The molecule has 2 N–H and O–H groups in total. The third kappa shape index (κ3) is 3.12. The van der Waals surface area contributed by atoms with E-state index in [4.69, 9.17) is 0 Å². The van der Waals surface area contributed by atoms with Gasteiger partial charge in [-0.15, -0.1) is 0 Å². The van der Waals surface area contributed by atoms with E-state index in [1.54, 1.807) is 24.3 Å². The molecule has 0 spiro atoms. The Labute approximate surface area is 174 Å². The smallest absolute Gasteiger partial charge is 0.173 e. The zero-order valence-corrected chi connectivity index (χ0v) is 16.2. The molecule has 146 valence electrons. The van der Waals surface area contributed by atoms with E-state index in [1.165, 1.54) is 0 Å². The molecule has 0 saturated carbocycles. The number of rotatable bonds is 4. The van der Waals surface area contributed by atoms with Crippen molar-refractivity contribution < 1.29 is 9.59 Å². The number of benzene rings is 3. The molecule has 0 aromatic heterocycles. The molecule has 2 atom stereocenters. The standard InChI is InChI=1S/C26H20N2O2/c29-25-19-13-7-8-14-20(19)26(30)24-22(28-18-11-5-2-6-12-18)16-15-21(23(24)25)27-17-9-3-1-4-10-17/h1-16,23-24,27-28H. The van der Waals surface area contributed by atoms with Gasteiger partial charge in [0.15, 0.2) is 11.6 Å². The number of para-hydroxylation sites is 2. The summed E-state index contributed by atoms with van der Waals surface area (Å²) in [6.07, 6.45) is 3.80. The van der Waals surface area contributed by atoms with Crippen LogP contribution in [0.1, 0.15) is 20.7 Å². The highest BCUT2D eigenvalue weighted by molar-refractivity contribution is 6.18. The van der Waals surface area contributed by atoms with E-state index in [9.17, 15) is 9.59 Å². The van der Waals surface area contributed by atoms with Crippen LogP contribution < -0.4 is 10.6 Å². The molecule has 0 amide bonds. The predicted octanol–water partition coefficient (Wildman–Crippen LogP) is 5.30. The van der Waals surface area contributed by atoms with Crippen molar-refractivity contribution in [2.45, 2.75) is 0 Å². The first kappa shape index (κ1) is 18.1. The van der Waals surface area contributed by atoms with Crippen molar-refractivity contribution in [2.24, 2.45) is 11.8 Å². The molecule has 5 rings (SSSR count). The van der Waals surface area contributed by atoms with Crippen LogP contribution in [0.3, 0.4) is 0 Å². The van der Waals surface area contributed by atoms with Crippen molar-refractivity contribution in [3.63, 3.8) is 0 Å². The Balaban J connectivity index is 1.60. The number of carbonyl (C=O) groups excluding carboxylic acids is 2. The SMILES string of the molecule is O=C1c2ccccc2C(=O)C2C(Nc3ccccc3)=CC=C(Nc3ccccc3)C12. The Kier molecular flexibility index (Phi) is 4.52. The van der Waals surface area contributed by atoms with Gasteiger partial charge in [-0.3, -0.25) is 9.59 Å². The van der Waals surface area contributed by atoms with Crippen LogP contribution in [-0.2, 0) is 0 Å². The van der Waals surface area contributed by atoms with Crippen LogP contribution in [0.25, 0.3) is 0 Å². The van der Waals surface area contributed by atoms with Crippen LogP contribution in [0.5, 0.6) is 0 Å². The lowest BCUT2D eigenvalue weighted by atomic mass is 9.69. The summed E-state index contributed by atoms with van der Waals surface area (Å²) in [6, 6.07) is 26.5. The van der Waals surface area contributed by atoms with Gasteiger partial charge in [0.05, 0.1) is 11.8 Å². The predicted molar refractivity (Wildman–Crippen MR) is 118 cm³/mol. The van der Waals surface area contributed by atoms with Gasteiger partial charge in [0.1, 0.15) is 0 Å². The highest BCUT2D eigenvalue weighted by Crippen LogP contribution is 2.41. The van der Waals surface area contributed by atoms with Gasteiger partial charge in [-0.25, -0.2) is 0 Å². The second-order valence-electron chi connectivity index (χ2n) is 7.46. The third-order valence-electron chi connectivity index (χ3n) is 5.59. The van der Waals surface area contributed by atoms with E-state index in [1.807, 2.05) is 72.8 Å². The normalized spacial score (nSPS) is 19.9. The molecule has 0 bridgehead atoms. The first-order valence-electron chi connectivity index (χ1n) is 9.96. The van der Waals surface area contributed by atoms with E-state index in [0.717, 1.165) is 22.8 Å². The number of ketones is 2. The summed E-state index contributed by atoms with van der Waals surface area (Å²) in [5, 5.41) is 6.72. The molecule has 0 radical (unpaired) electrons. The van der Waals surface area contributed by atoms with Crippen LogP contribution in [-0.4, -0.2) is 11.6 Å². The lowest BCUT2D eigenvalue weighted by Gasteiger charge is -2.36. The van der Waals surface area contributed by atoms with Gasteiger partial charge < -0.3 is 10.6 Å². The minimum absolute atomic E-state index is 0.0367. The number of nitrogens with one attached hydrogen (secondary N) is 2. The molecule has 4 heteroatoms. The molecule has 4 nitrogen and oxygen atoms in total. The summed E-state index contributed by atoms with van der Waals surface area (Å²) in [4.78, 5) is 27.0. The zero-order chi connectivity index (χ0) is 20.5. The molecule has 0 fully saturated rings. The van der Waals surface area contributed by atoms with Crippen LogP contribution >= 0.6 is 0 Å². The number of carbonyl (C=O) groups is 2. The molecule has 0 heterocycles. The molecule has 2 aliphatic rings. The molecule has 3 aromatic carbocycles. The van der Waals surface area contributed by atoms with E-state index in [2.05, 4.69) is 10.6 Å². The fourth-order valence-electron chi connectivity index (χ4n) is 4.19. The Morgan fingerprint density at radius 2 is 0.867 bits per heavy atom. The van der Waals surface area contributed by atoms with Crippen LogP contribution in [0.2, 0.25) is 0 Å². The van der Waals surface area contributed by atoms with Crippen LogP contribution in [0.15, 0.2) is 108 Å². The molecule has 3 aromatic rings. The average Bonchev–Trinajstić information content (AvgIpc) is 2.80. The Bertz CT molecular complexity index is 1090. The Morgan fingerprint density at radius 1 is 0.500 bits per heavy atom. The Hall–Kier alpha value is -3.92. The van der Waals surface area contributed by atoms with E-state index < -0.39 is 11.8 Å². The van der Waals surface area contributed by atoms with Gasteiger partial charge in [0.2, 0.25) is 0 Å². The lowest BCUT2D eigenvalue weighted by Crippen LogP contribution is -2.42. The van der Waals surface area contributed by atoms with Crippen molar-refractivity contribution in [1.29, 1.82) is 0 Å². The third-order valence-corrected chi connectivity index (χ3v) is 5.59. The summed E-state index contributed by atoms with van der Waals surface area (Å²) in [5.74, 6) is -1.26. The molecular formula is C26H20N2O2. The number of hydrogen-bond donors (Lipinski definition) is 2. The molecule has 2 aliphatic carbocycles. The van der Waals surface area contributed by atoms with Gasteiger partial charge in [0.25, 0.3) is 0 Å². The maximum atomic E-state index is 13.5. The van der Waals surface area contributed by atoms with Crippen molar-refractivity contribution in [2.75, 3.05) is 10.6 Å². The number of anilines is 2. The summed E-state index contributed by atoms with van der Waals surface area (Å²) in [5.41, 5.74) is 4.22. The first-order chi connectivity index (χ1) is 14.7. The number of allylic oxidation sites excluding steroid dienone is 4. The fourth-order valence-corrected chi connectivity index (χ4v) is 4.19. The van der Waals surface area contributed by atoms with Gasteiger partial charge >= 0.3 is 0 Å². The first-order valence-corrected chi connectivity index (χ1v) is 9.96. The fraction of sp³-hybridized carbons (Fsp3) is 0.0769. The van der Waals surface area contributed by atoms with E-state index in [-0.39, 0.29) is 11.6 Å². The molecule has 2 unspecified atom stereocenters. The summed E-state index contributed by atoms with van der Waals surface area (Å²) < 4.78 is 0. The highest BCUT2D eigenvalue weighted by atomic mass is 16.1. The van der Waals surface area contributed by atoms with Crippen LogP contribution in [0.4, 0.5) is 11.4 Å². The van der Waals surface area contributed by atoms with Crippen molar-refractivity contribution in [3.8, 4) is 0 Å². The second kappa shape index (κ2) is 7.48. The quantitative estimate of drug-likeness (QED) is 0.632. The van der Waals surface area contributed by atoms with Crippen molar-refractivity contribution in [1.82, 2.24) is 0 Å². The zero-order valence-electron chi connectivity index (χ0n) is 16.2. The number of fused-ring (bicyclic) bond motifs is 2. The molecular weight excluding hydrogens is 372 g/mol. The largest absolute Gasteiger partial charge is 0.358 e. The van der Waals surface area contributed by atoms with Crippen molar-refractivity contribution in [3.05, 3.63) is 120 Å². The van der Waals surface area contributed by atoms with Crippen LogP contribution in [0, 0.1) is 11.8 Å². The van der Waals surface area contributed by atoms with E-state index >= 15 is 0 Å². The molecule has 0 saturated heterocycles. The minimum atomic E-state index is -0.594. The lowest BCUT2D eigenvalue weighted by molar-refractivity contribution is 0.0787. The van der Waals surface area contributed by atoms with E-state index in [0.29, 0.717) is 11.1 Å². The number of hydrogen-bond acceptors (Lipinski definition) is 4. The van der Waals surface area contributed by atoms with Crippen molar-refractivity contribution >= 4 is 22.9 Å². The van der Waals surface area contributed by atoms with Gasteiger partial charge in [-0.1, -0.05) is 60.7 Å². The van der Waals surface area contributed by atoms with Gasteiger partial charge in [-0.2, -0.15) is 0 Å². The summed E-state index contributed by atoms with van der Waals surface area (Å²) in [6.45, 7) is 0. The average molecular weight is 392 g/mol. The number of Topliss-reactive ketones (excluding diaryl/α,β-unsaturated/α-hetero) is 2. The topological polar surface area (TPSA) is 58.2 Å². The maximum Gasteiger partial charge on any atom is 0.173 e. The summed E-state index contributed by atoms with van der Waals surface area (Å²) in [7, 11) is 0. The highest BCUT2D eigenvalue weighted by Gasteiger charge is 2.46. The second-order valence-corrected chi connectivity index (χ2v) is 7.46. The molecule has 30 heavy (non-hydrogen) atoms. The Morgan fingerprint density at radius 3 is 1.27 bits per heavy atom. The monoisotopic (exact) mass is 392 g/mol. The van der Waals surface area contributed by atoms with Gasteiger partial charge in [-0.05, 0) is 36.4 Å².